The average molecular weight is 242 g/mol. The van der Waals surface area contributed by atoms with Gasteiger partial charge in [0.15, 0.2) is 0 Å². The van der Waals surface area contributed by atoms with Crippen molar-refractivity contribution < 1.29 is 4.74 Å². The van der Waals surface area contributed by atoms with Gasteiger partial charge in [-0.2, -0.15) is 0 Å². The minimum atomic E-state index is 0. The van der Waals surface area contributed by atoms with Crippen LogP contribution in [-0.2, 0) is 0 Å². The van der Waals surface area contributed by atoms with E-state index in [0.717, 1.165) is 11.3 Å². The molecule has 90 valence electrons. The molecule has 2 rings (SSSR count). The Balaban J connectivity index is 0.00000128. The van der Waals surface area contributed by atoms with Gasteiger partial charge in [0.1, 0.15) is 5.75 Å². The molecule has 2 nitrogen and oxygen atoms in total. The number of halogens is 1. The monoisotopic (exact) mass is 241 g/mol. The first-order valence-corrected chi connectivity index (χ1v) is 5.78. The van der Waals surface area contributed by atoms with Crippen LogP contribution in [-0.4, -0.2) is 6.10 Å². The predicted molar refractivity (Wildman–Crippen MR) is 69.2 cm³/mol. The maximum atomic E-state index is 5.87. The third kappa shape index (κ3) is 3.39. The molecule has 16 heavy (non-hydrogen) atoms. The lowest BCUT2D eigenvalue weighted by atomic mass is 10.1. The van der Waals surface area contributed by atoms with Crippen LogP contribution in [0.1, 0.15) is 44.2 Å². The Morgan fingerprint density at radius 3 is 2.25 bits per heavy atom. The fourth-order valence-corrected chi connectivity index (χ4v) is 2.05. The van der Waals surface area contributed by atoms with E-state index in [4.69, 9.17) is 10.5 Å². The summed E-state index contributed by atoms with van der Waals surface area (Å²) in [5.41, 5.74) is 6.95. The first kappa shape index (κ1) is 13.3. The largest absolute Gasteiger partial charge is 0.490 e. The lowest BCUT2D eigenvalue weighted by Crippen LogP contribution is -2.11. The standard InChI is InChI=1S/C13H19NO.ClH/c1-10(14)11-6-8-13(9-7-11)15-12-4-2-3-5-12;/h6-10,12H,2-5,14H2,1H3;1H. The molecule has 1 aliphatic carbocycles. The summed E-state index contributed by atoms with van der Waals surface area (Å²) in [6.07, 6.45) is 5.46. The maximum Gasteiger partial charge on any atom is 0.119 e. The van der Waals surface area contributed by atoms with Gasteiger partial charge in [-0.3, -0.25) is 0 Å². The summed E-state index contributed by atoms with van der Waals surface area (Å²) in [6.45, 7) is 1.99. The van der Waals surface area contributed by atoms with Crippen LogP contribution >= 0.6 is 12.4 Å². The number of rotatable bonds is 3. The Labute approximate surface area is 104 Å². The summed E-state index contributed by atoms with van der Waals surface area (Å²) in [6, 6.07) is 8.25. The van der Waals surface area contributed by atoms with Gasteiger partial charge in [0.05, 0.1) is 6.10 Å². The van der Waals surface area contributed by atoms with E-state index in [2.05, 4.69) is 12.1 Å². The summed E-state index contributed by atoms with van der Waals surface area (Å²) in [7, 11) is 0. The van der Waals surface area contributed by atoms with Crippen molar-refractivity contribution in [2.24, 2.45) is 5.73 Å². The van der Waals surface area contributed by atoms with Gasteiger partial charge in [0.25, 0.3) is 0 Å². The van der Waals surface area contributed by atoms with Crippen LogP contribution < -0.4 is 10.5 Å². The van der Waals surface area contributed by atoms with Crippen molar-refractivity contribution in [1.82, 2.24) is 0 Å². The molecule has 2 N–H and O–H groups in total. The van der Waals surface area contributed by atoms with E-state index >= 15 is 0 Å². The molecule has 0 radical (unpaired) electrons. The zero-order valence-electron chi connectivity index (χ0n) is 9.69. The molecule has 1 unspecified atom stereocenters. The predicted octanol–water partition coefficient (Wildman–Crippen LogP) is 3.45. The molecule has 1 aromatic carbocycles. The number of ether oxygens (including phenoxy) is 1. The van der Waals surface area contributed by atoms with E-state index in [0.29, 0.717) is 6.10 Å². The molecule has 1 fully saturated rings. The quantitative estimate of drug-likeness (QED) is 0.880. The SMILES string of the molecule is CC(N)c1ccc(OC2CCCC2)cc1.Cl. The Bertz CT molecular complexity index is 304. The number of nitrogens with two attached hydrogens (primary N) is 1. The van der Waals surface area contributed by atoms with Gasteiger partial charge in [-0.25, -0.2) is 0 Å². The van der Waals surface area contributed by atoms with Crippen LogP contribution in [0.2, 0.25) is 0 Å². The van der Waals surface area contributed by atoms with Gasteiger partial charge in [-0.1, -0.05) is 12.1 Å². The van der Waals surface area contributed by atoms with Crippen molar-refractivity contribution in [1.29, 1.82) is 0 Å². The minimum absolute atomic E-state index is 0. The van der Waals surface area contributed by atoms with Gasteiger partial charge in [0, 0.05) is 6.04 Å². The summed E-state index contributed by atoms with van der Waals surface area (Å²) < 4.78 is 5.87. The summed E-state index contributed by atoms with van der Waals surface area (Å²) in [5.74, 6) is 0.978. The topological polar surface area (TPSA) is 35.2 Å². The van der Waals surface area contributed by atoms with Gasteiger partial charge in [-0.15, -0.1) is 12.4 Å². The highest BCUT2D eigenvalue weighted by Crippen LogP contribution is 2.24. The number of hydrogen-bond acceptors (Lipinski definition) is 2. The maximum absolute atomic E-state index is 5.87. The van der Waals surface area contributed by atoms with Crippen LogP contribution in [0.3, 0.4) is 0 Å². The molecular formula is C13H20ClNO. The Morgan fingerprint density at radius 1 is 1.19 bits per heavy atom. The van der Waals surface area contributed by atoms with Crippen LogP contribution in [0, 0.1) is 0 Å². The second kappa shape index (κ2) is 6.12. The Kier molecular flexibility index (Phi) is 5.10. The number of benzene rings is 1. The summed E-state index contributed by atoms with van der Waals surface area (Å²) >= 11 is 0. The van der Waals surface area contributed by atoms with E-state index in [-0.39, 0.29) is 18.4 Å². The molecule has 0 aliphatic heterocycles. The van der Waals surface area contributed by atoms with Crippen molar-refractivity contribution in [3.05, 3.63) is 29.8 Å². The van der Waals surface area contributed by atoms with E-state index in [1.54, 1.807) is 0 Å². The van der Waals surface area contributed by atoms with E-state index in [9.17, 15) is 0 Å². The summed E-state index contributed by atoms with van der Waals surface area (Å²) in [5, 5.41) is 0. The molecule has 0 saturated heterocycles. The van der Waals surface area contributed by atoms with Crippen molar-refractivity contribution >= 4 is 12.4 Å². The van der Waals surface area contributed by atoms with Crippen molar-refractivity contribution in [2.45, 2.75) is 44.8 Å². The first-order chi connectivity index (χ1) is 7.25. The zero-order valence-corrected chi connectivity index (χ0v) is 10.5. The van der Waals surface area contributed by atoms with Crippen LogP contribution in [0.15, 0.2) is 24.3 Å². The van der Waals surface area contributed by atoms with Crippen molar-refractivity contribution in [2.75, 3.05) is 0 Å². The molecule has 3 heteroatoms. The Hall–Kier alpha value is -0.730. The second-order valence-corrected chi connectivity index (χ2v) is 4.38. The molecule has 0 aromatic heterocycles. The molecule has 1 aromatic rings. The third-order valence-corrected chi connectivity index (χ3v) is 3.01. The lowest BCUT2D eigenvalue weighted by Gasteiger charge is -2.13. The highest BCUT2D eigenvalue weighted by atomic mass is 35.5. The molecule has 1 aliphatic rings. The van der Waals surface area contributed by atoms with Crippen LogP contribution in [0.25, 0.3) is 0 Å². The molecule has 0 spiro atoms. The highest BCUT2D eigenvalue weighted by Gasteiger charge is 2.16. The molecule has 1 saturated carbocycles. The van der Waals surface area contributed by atoms with Gasteiger partial charge >= 0.3 is 0 Å². The molecule has 0 bridgehead atoms. The van der Waals surface area contributed by atoms with Gasteiger partial charge < -0.3 is 10.5 Å². The normalized spacial score (nSPS) is 17.9. The van der Waals surface area contributed by atoms with E-state index in [1.807, 2.05) is 19.1 Å². The smallest absolute Gasteiger partial charge is 0.119 e. The minimum Gasteiger partial charge on any atom is -0.490 e. The van der Waals surface area contributed by atoms with Crippen molar-refractivity contribution in [3.63, 3.8) is 0 Å². The van der Waals surface area contributed by atoms with Crippen LogP contribution in [0.5, 0.6) is 5.75 Å². The first-order valence-electron chi connectivity index (χ1n) is 5.78. The molecular weight excluding hydrogens is 222 g/mol. The van der Waals surface area contributed by atoms with Gasteiger partial charge in [-0.05, 0) is 50.3 Å². The highest BCUT2D eigenvalue weighted by molar-refractivity contribution is 5.85. The van der Waals surface area contributed by atoms with E-state index in [1.165, 1.54) is 25.7 Å². The van der Waals surface area contributed by atoms with E-state index < -0.39 is 0 Å². The van der Waals surface area contributed by atoms with Crippen molar-refractivity contribution in [3.8, 4) is 5.75 Å². The fraction of sp³-hybridized carbons (Fsp3) is 0.538. The van der Waals surface area contributed by atoms with Crippen LogP contribution in [0.4, 0.5) is 0 Å². The fourth-order valence-electron chi connectivity index (χ4n) is 2.05. The van der Waals surface area contributed by atoms with Gasteiger partial charge in [0.2, 0.25) is 0 Å². The third-order valence-electron chi connectivity index (χ3n) is 3.01. The summed E-state index contributed by atoms with van der Waals surface area (Å²) in [4.78, 5) is 0. The molecule has 1 atom stereocenters. The lowest BCUT2D eigenvalue weighted by molar-refractivity contribution is 0.210. The average Bonchev–Trinajstić information content (AvgIpc) is 2.71. The zero-order chi connectivity index (χ0) is 10.7. The molecule has 0 amide bonds. The number of hydrogen-bond donors (Lipinski definition) is 1. The Morgan fingerprint density at radius 2 is 1.75 bits per heavy atom. The molecule has 0 heterocycles. The second-order valence-electron chi connectivity index (χ2n) is 4.38.